The number of hydrogen-bond acceptors (Lipinski definition) is 3. The zero-order valence-corrected chi connectivity index (χ0v) is 32.6. The smallest absolute Gasteiger partial charge is 0.166 e. The SMILES string of the molecule is [2H]c1c([2H])c([2H])c2c(c1[2H])c1c([2H])c([2H])c([2H])c([2H])c1n2-c1cc(-c2cccc(-c3ccccc3)c2)ccc1-c1nc(-c2ccc(-c3ccccc3)cc2)nc(-c2cccc(-c3ccccc3)c2)n1. The molecular weight excluding hydrogens is 741 g/mol. The quantitative estimate of drug-likeness (QED) is 0.154. The van der Waals surface area contributed by atoms with Crippen molar-refractivity contribution in [1.29, 1.82) is 0 Å². The van der Waals surface area contributed by atoms with Crippen molar-refractivity contribution < 1.29 is 11.0 Å². The molecule has 0 aliphatic rings. The summed E-state index contributed by atoms with van der Waals surface area (Å²) in [6, 6.07) is 56.0. The van der Waals surface area contributed by atoms with Crippen molar-refractivity contribution in [2.75, 3.05) is 0 Å². The van der Waals surface area contributed by atoms with E-state index in [1.165, 1.54) is 4.57 Å². The summed E-state index contributed by atoms with van der Waals surface area (Å²) in [6.07, 6.45) is 0. The molecule has 0 unspecified atom stereocenters. The molecule has 11 rings (SSSR count). The van der Waals surface area contributed by atoms with Gasteiger partial charge in [-0.1, -0.05) is 194 Å². The number of aromatic nitrogens is 4. The molecule has 0 atom stereocenters. The summed E-state index contributed by atoms with van der Waals surface area (Å²) < 4.78 is 73.9. The third kappa shape index (κ3) is 6.86. The van der Waals surface area contributed by atoms with Crippen LogP contribution in [0.2, 0.25) is 0 Å². The molecule has 0 spiro atoms. The van der Waals surface area contributed by atoms with E-state index in [1.807, 2.05) is 176 Å². The maximum atomic E-state index is 9.41. The lowest BCUT2D eigenvalue weighted by molar-refractivity contribution is 1.06. The number of rotatable bonds is 8. The van der Waals surface area contributed by atoms with E-state index in [0.29, 0.717) is 22.9 Å². The average Bonchev–Trinajstić information content (AvgIpc) is 3.78. The zero-order chi connectivity index (χ0) is 47.5. The fourth-order valence-corrected chi connectivity index (χ4v) is 7.92. The summed E-state index contributed by atoms with van der Waals surface area (Å²) in [5.74, 6) is 0.969. The standard InChI is InChI=1S/C57H38N4/c1-4-16-39(17-5-1)42-30-32-43(33-31-42)55-58-56(48-25-15-23-45(37-48)41-20-8-3-9-21-41)60-57(59-55)51-35-34-47(46-24-14-22-44(36-46)40-18-6-2-7-19-40)38-54(51)61-52-28-12-10-26-49(52)50-27-11-13-29-53(50)61/h1-38H/i10D,11D,12D,13D,26D,27D,28D,29D. The molecule has 0 aliphatic heterocycles. The number of para-hydroxylation sites is 2. The number of hydrogen-bond donors (Lipinski definition) is 0. The lowest BCUT2D eigenvalue weighted by Crippen LogP contribution is -2.04. The van der Waals surface area contributed by atoms with Gasteiger partial charge in [0.15, 0.2) is 17.5 Å². The Morgan fingerprint density at radius 2 is 0.689 bits per heavy atom. The van der Waals surface area contributed by atoms with Gasteiger partial charge >= 0.3 is 0 Å². The van der Waals surface area contributed by atoms with Gasteiger partial charge in [0.25, 0.3) is 0 Å². The Bertz CT molecular complexity index is 3730. The first kappa shape index (κ1) is 28.3. The molecule has 0 aliphatic carbocycles. The van der Waals surface area contributed by atoms with Crippen LogP contribution in [0.4, 0.5) is 0 Å². The second-order valence-corrected chi connectivity index (χ2v) is 14.7. The highest BCUT2D eigenvalue weighted by atomic mass is 15.1. The Balaban J connectivity index is 1.22. The minimum Gasteiger partial charge on any atom is -0.308 e. The van der Waals surface area contributed by atoms with Crippen LogP contribution in [0.15, 0.2) is 230 Å². The maximum Gasteiger partial charge on any atom is 0.166 e. The molecule has 61 heavy (non-hydrogen) atoms. The molecular formula is C57H38N4. The number of fused-ring (bicyclic) bond motifs is 3. The molecule has 11 aromatic rings. The molecule has 4 heteroatoms. The van der Waals surface area contributed by atoms with Gasteiger partial charge in [0.05, 0.1) is 27.7 Å². The monoisotopic (exact) mass is 786 g/mol. The number of benzene rings is 9. The van der Waals surface area contributed by atoms with Crippen LogP contribution in [0.5, 0.6) is 0 Å². The molecule has 286 valence electrons. The van der Waals surface area contributed by atoms with Gasteiger partial charge in [-0.2, -0.15) is 0 Å². The van der Waals surface area contributed by atoms with Crippen LogP contribution in [0.1, 0.15) is 11.0 Å². The molecule has 0 saturated heterocycles. The van der Waals surface area contributed by atoms with Crippen LogP contribution < -0.4 is 0 Å². The highest BCUT2D eigenvalue weighted by molar-refractivity contribution is 6.09. The van der Waals surface area contributed by atoms with Gasteiger partial charge in [0, 0.05) is 27.5 Å². The normalized spacial score (nSPS) is 13.1. The second kappa shape index (κ2) is 15.5. The molecule has 0 N–H and O–H groups in total. The lowest BCUT2D eigenvalue weighted by Gasteiger charge is -2.17. The van der Waals surface area contributed by atoms with Crippen LogP contribution in [-0.4, -0.2) is 19.5 Å². The Morgan fingerprint density at radius 1 is 0.311 bits per heavy atom. The largest absolute Gasteiger partial charge is 0.308 e. The average molecular weight is 787 g/mol. The van der Waals surface area contributed by atoms with Crippen molar-refractivity contribution >= 4 is 21.8 Å². The molecule has 2 aromatic heterocycles. The van der Waals surface area contributed by atoms with Crippen molar-refractivity contribution in [3.05, 3.63) is 230 Å². The van der Waals surface area contributed by atoms with Gasteiger partial charge in [-0.3, -0.25) is 0 Å². The van der Waals surface area contributed by atoms with Gasteiger partial charge in [-0.05, 0) is 80.9 Å². The van der Waals surface area contributed by atoms with Crippen LogP contribution >= 0.6 is 0 Å². The van der Waals surface area contributed by atoms with Crippen molar-refractivity contribution in [2.24, 2.45) is 0 Å². The van der Waals surface area contributed by atoms with Crippen LogP contribution in [0.25, 0.3) is 106 Å². The highest BCUT2D eigenvalue weighted by Crippen LogP contribution is 2.39. The molecule has 0 saturated carbocycles. The first-order valence-corrected chi connectivity index (χ1v) is 19.9. The molecule has 4 nitrogen and oxygen atoms in total. The van der Waals surface area contributed by atoms with Crippen LogP contribution in [0.3, 0.4) is 0 Å². The summed E-state index contributed by atoms with van der Waals surface area (Å²) in [5, 5.41) is -0.0580. The van der Waals surface area contributed by atoms with Crippen molar-refractivity contribution in [2.45, 2.75) is 0 Å². The fraction of sp³-hybridized carbons (Fsp3) is 0. The summed E-state index contributed by atoms with van der Waals surface area (Å²) in [6.45, 7) is 0. The molecule has 0 radical (unpaired) electrons. The summed E-state index contributed by atoms with van der Waals surface area (Å²) in [7, 11) is 0. The predicted molar refractivity (Wildman–Crippen MR) is 252 cm³/mol. The second-order valence-electron chi connectivity index (χ2n) is 14.7. The van der Waals surface area contributed by atoms with E-state index in [0.717, 1.165) is 55.6 Å². The minimum atomic E-state index is -0.520. The third-order valence-corrected chi connectivity index (χ3v) is 10.9. The molecule has 9 aromatic carbocycles. The van der Waals surface area contributed by atoms with Gasteiger partial charge in [-0.15, -0.1) is 0 Å². The predicted octanol–water partition coefficient (Wildman–Crippen LogP) is 14.6. The van der Waals surface area contributed by atoms with Gasteiger partial charge in [-0.25, -0.2) is 15.0 Å². The summed E-state index contributed by atoms with van der Waals surface area (Å²) in [5.41, 5.74) is 9.75. The van der Waals surface area contributed by atoms with Crippen molar-refractivity contribution in [1.82, 2.24) is 19.5 Å². The topological polar surface area (TPSA) is 43.6 Å². The Morgan fingerprint density at radius 3 is 1.26 bits per heavy atom. The first-order chi connectivity index (χ1) is 33.5. The number of nitrogens with zero attached hydrogens (tertiary/aromatic N) is 4. The molecule has 0 amide bonds. The Hall–Kier alpha value is -8.21. The fourth-order valence-electron chi connectivity index (χ4n) is 7.92. The third-order valence-electron chi connectivity index (χ3n) is 10.9. The first-order valence-electron chi connectivity index (χ1n) is 23.9. The van der Waals surface area contributed by atoms with Crippen LogP contribution in [-0.2, 0) is 0 Å². The Labute approximate surface area is 366 Å². The lowest BCUT2D eigenvalue weighted by atomic mass is 9.97. The highest BCUT2D eigenvalue weighted by Gasteiger charge is 2.21. The van der Waals surface area contributed by atoms with Crippen molar-refractivity contribution in [3.63, 3.8) is 0 Å². The van der Waals surface area contributed by atoms with Gasteiger partial charge < -0.3 is 4.57 Å². The molecule has 2 heterocycles. The molecule has 0 fully saturated rings. The van der Waals surface area contributed by atoms with Crippen molar-refractivity contribution in [3.8, 4) is 84.4 Å². The van der Waals surface area contributed by atoms with E-state index in [-0.39, 0.29) is 27.6 Å². The van der Waals surface area contributed by atoms with E-state index in [9.17, 15) is 5.48 Å². The molecule has 0 bridgehead atoms. The van der Waals surface area contributed by atoms with E-state index in [1.54, 1.807) is 0 Å². The van der Waals surface area contributed by atoms with E-state index in [4.69, 9.17) is 20.4 Å². The zero-order valence-electron chi connectivity index (χ0n) is 40.6. The van der Waals surface area contributed by atoms with E-state index >= 15 is 0 Å². The Kier molecular flexibility index (Phi) is 7.19. The summed E-state index contributed by atoms with van der Waals surface area (Å²) in [4.78, 5) is 15.5. The minimum absolute atomic E-state index is 0.0130. The van der Waals surface area contributed by atoms with E-state index in [2.05, 4.69) is 6.07 Å². The van der Waals surface area contributed by atoms with E-state index < -0.39 is 48.3 Å². The van der Waals surface area contributed by atoms with Gasteiger partial charge in [0.1, 0.15) is 0 Å². The van der Waals surface area contributed by atoms with Crippen LogP contribution in [0, 0.1) is 0 Å². The summed E-state index contributed by atoms with van der Waals surface area (Å²) >= 11 is 0. The van der Waals surface area contributed by atoms with Gasteiger partial charge in [0.2, 0.25) is 0 Å². The maximum absolute atomic E-state index is 9.41.